The Morgan fingerprint density at radius 1 is 1.24 bits per heavy atom. The quantitative estimate of drug-likeness (QED) is 0.366. The first-order chi connectivity index (χ1) is 13.2. The summed E-state index contributed by atoms with van der Waals surface area (Å²) in [4.78, 5) is 24.6. The maximum absolute atomic E-state index is 12.2. The van der Waals surface area contributed by atoms with Crippen LogP contribution in [0.25, 0.3) is 0 Å². The molecule has 1 aromatic rings. The van der Waals surface area contributed by atoms with Crippen molar-refractivity contribution >= 4 is 47.4 Å². The minimum absolute atomic E-state index is 0. The molecule has 0 aromatic carbocycles. The second-order valence-electron chi connectivity index (χ2n) is 8.59. The van der Waals surface area contributed by atoms with E-state index < -0.39 is 5.60 Å². The molecule has 3 heterocycles. The second-order valence-corrected chi connectivity index (χ2v) is 9.59. The number of hydrogen-bond donors (Lipinski definition) is 1. The van der Waals surface area contributed by atoms with Gasteiger partial charge < -0.3 is 20.3 Å². The van der Waals surface area contributed by atoms with Gasteiger partial charge in [0.15, 0.2) is 5.96 Å². The summed E-state index contributed by atoms with van der Waals surface area (Å²) in [5.41, 5.74) is 7.22. The fraction of sp³-hybridized carbons (Fsp3) is 0.700. The van der Waals surface area contributed by atoms with Crippen molar-refractivity contribution in [1.29, 1.82) is 0 Å². The van der Waals surface area contributed by atoms with Crippen molar-refractivity contribution < 1.29 is 9.53 Å². The molecule has 3 rings (SSSR count). The highest BCUT2D eigenvalue weighted by Crippen LogP contribution is 2.25. The summed E-state index contributed by atoms with van der Waals surface area (Å²) >= 11 is 1.86. The van der Waals surface area contributed by atoms with E-state index in [-0.39, 0.29) is 30.1 Å². The van der Waals surface area contributed by atoms with E-state index in [1.165, 1.54) is 10.4 Å². The van der Waals surface area contributed by atoms with Gasteiger partial charge in [0.2, 0.25) is 0 Å². The van der Waals surface area contributed by atoms with E-state index in [2.05, 4.69) is 33.2 Å². The Balaban J connectivity index is 0.00000300. The van der Waals surface area contributed by atoms with Crippen molar-refractivity contribution in [2.75, 3.05) is 39.3 Å². The van der Waals surface area contributed by atoms with Gasteiger partial charge in [-0.2, -0.15) is 0 Å². The van der Waals surface area contributed by atoms with Crippen LogP contribution in [-0.4, -0.2) is 77.7 Å². The zero-order chi connectivity index (χ0) is 20.3. The van der Waals surface area contributed by atoms with Gasteiger partial charge in [0.05, 0.1) is 6.54 Å². The molecule has 1 aromatic heterocycles. The van der Waals surface area contributed by atoms with E-state index in [9.17, 15) is 4.79 Å². The van der Waals surface area contributed by atoms with Crippen LogP contribution in [0.3, 0.4) is 0 Å². The summed E-state index contributed by atoms with van der Waals surface area (Å²) in [7, 11) is 0. The standard InChI is InChI=1S/C20H33N5O2S.HI/c1-15(25-7-5-17-16(14-25)6-12-28-17)13-22-18(21)23-8-10-24(11-9-23)19(26)27-20(2,3)4;/h6,12,15H,5,7-11,13-14H2,1-4H3,(H2,21,22);1H. The molecule has 0 spiro atoms. The van der Waals surface area contributed by atoms with Gasteiger partial charge in [0, 0.05) is 50.2 Å². The molecule has 1 saturated heterocycles. The average Bonchev–Trinajstić information content (AvgIpc) is 3.12. The summed E-state index contributed by atoms with van der Waals surface area (Å²) in [6.45, 7) is 13.2. The van der Waals surface area contributed by atoms with Crippen molar-refractivity contribution in [3.63, 3.8) is 0 Å². The molecule has 7 nitrogen and oxygen atoms in total. The molecule has 1 amide bonds. The molecule has 0 bridgehead atoms. The number of piperazine rings is 1. The van der Waals surface area contributed by atoms with Gasteiger partial charge >= 0.3 is 6.09 Å². The Bertz CT molecular complexity index is 710. The Morgan fingerprint density at radius 3 is 2.55 bits per heavy atom. The number of amides is 1. The Morgan fingerprint density at radius 2 is 1.90 bits per heavy atom. The molecule has 0 saturated carbocycles. The number of guanidine groups is 1. The molecule has 2 aliphatic rings. The predicted molar refractivity (Wildman–Crippen MR) is 129 cm³/mol. The summed E-state index contributed by atoms with van der Waals surface area (Å²) in [6.07, 6.45) is 0.873. The third kappa shape index (κ3) is 6.71. The first-order valence-electron chi connectivity index (χ1n) is 10.0. The lowest BCUT2D eigenvalue weighted by Crippen LogP contribution is -2.53. The number of aliphatic imine (C=N–C) groups is 1. The van der Waals surface area contributed by atoms with Crippen LogP contribution in [0.1, 0.15) is 38.1 Å². The number of fused-ring (bicyclic) bond motifs is 1. The Hall–Kier alpha value is -1.07. The van der Waals surface area contributed by atoms with Crippen LogP contribution in [0, 0.1) is 0 Å². The van der Waals surface area contributed by atoms with E-state index in [0.29, 0.717) is 44.7 Å². The average molecular weight is 535 g/mol. The van der Waals surface area contributed by atoms with E-state index in [1.807, 2.05) is 32.1 Å². The lowest BCUT2D eigenvalue weighted by atomic mass is 10.1. The predicted octanol–water partition coefficient (Wildman–Crippen LogP) is 2.98. The number of nitrogens with zero attached hydrogens (tertiary/aromatic N) is 4. The molecule has 164 valence electrons. The molecule has 1 fully saturated rings. The minimum Gasteiger partial charge on any atom is -0.444 e. The van der Waals surface area contributed by atoms with Gasteiger partial charge in [-0.3, -0.25) is 9.89 Å². The molecule has 29 heavy (non-hydrogen) atoms. The van der Waals surface area contributed by atoms with E-state index in [0.717, 1.165) is 19.5 Å². The van der Waals surface area contributed by atoms with Crippen LogP contribution >= 0.6 is 35.3 Å². The summed E-state index contributed by atoms with van der Waals surface area (Å²) in [5.74, 6) is 0.573. The zero-order valence-electron chi connectivity index (χ0n) is 17.9. The topological polar surface area (TPSA) is 74.4 Å². The van der Waals surface area contributed by atoms with Gasteiger partial charge in [-0.1, -0.05) is 0 Å². The first-order valence-corrected chi connectivity index (χ1v) is 10.9. The largest absolute Gasteiger partial charge is 0.444 e. The molecule has 9 heteroatoms. The first kappa shape index (κ1) is 24.2. The minimum atomic E-state index is -0.469. The normalized spacial score (nSPS) is 19.4. The van der Waals surface area contributed by atoms with Crippen molar-refractivity contribution in [1.82, 2.24) is 14.7 Å². The van der Waals surface area contributed by atoms with Gasteiger partial charge in [-0.25, -0.2) is 4.79 Å². The van der Waals surface area contributed by atoms with Crippen molar-refractivity contribution in [2.45, 2.75) is 52.3 Å². The summed E-state index contributed by atoms with van der Waals surface area (Å²) < 4.78 is 5.44. The van der Waals surface area contributed by atoms with Crippen LogP contribution in [0.15, 0.2) is 16.4 Å². The summed E-state index contributed by atoms with van der Waals surface area (Å²) in [5, 5.41) is 2.19. The molecular weight excluding hydrogens is 501 g/mol. The van der Waals surface area contributed by atoms with E-state index >= 15 is 0 Å². The van der Waals surface area contributed by atoms with E-state index in [1.54, 1.807) is 4.90 Å². The maximum Gasteiger partial charge on any atom is 0.410 e. The highest BCUT2D eigenvalue weighted by molar-refractivity contribution is 14.0. The third-order valence-electron chi connectivity index (χ3n) is 5.23. The van der Waals surface area contributed by atoms with Crippen LogP contribution in [0.4, 0.5) is 4.79 Å². The van der Waals surface area contributed by atoms with Gasteiger partial charge in [0.1, 0.15) is 5.60 Å². The second kappa shape index (κ2) is 10.3. The van der Waals surface area contributed by atoms with Crippen molar-refractivity contribution in [3.8, 4) is 0 Å². The van der Waals surface area contributed by atoms with Crippen molar-refractivity contribution in [3.05, 3.63) is 21.9 Å². The number of hydrogen-bond acceptors (Lipinski definition) is 5. The number of ether oxygens (including phenoxy) is 1. The van der Waals surface area contributed by atoms with Crippen LogP contribution in [-0.2, 0) is 17.7 Å². The molecule has 2 N–H and O–H groups in total. The number of halogens is 1. The van der Waals surface area contributed by atoms with Gasteiger partial charge in [-0.15, -0.1) is 35.3 Å². The van der Waals surface area contributed by atoms with Gasteiger partial charge in [-0.05, 0) is 51.1 Å². The number of thiophene rings is 1. The molecular formula is C20H34IN5O2S. The van der Waals surface area contributed by atoms with Gasteiger partial charge in [0.25, 0.3) is 0 Å². The molecule has 1 atom stereocenters. The number of carbonyl (C=O) groups excluding carboxylic acids is 1. The fourth-order valence-corrected chi connectivity index (χ4v) is 4.42. The number of rotatable bonds is 3. The fourth-order valence-electron chi connectivity index (χ4n) is 3.53. The summed E-state index contributed by atoms with van der Waals surface area (Å²) in [6, 6.07) is 2.59. The highest BCUT2D eigenvalue weighted by Gasteiger charge is 2.27. The monoisotopic (exact) mass is 535 g/mol. The highest BCUT2D eigenvalue weighted by atomic mass is 127. The van der Waals surface area contributed by atoms with Crippen LogP contribution in [0.5, 0.6) is 0 Å². The Kier molecular flexibility index (Phi) is 8.59. The smallest absolute Gasteiger partial charge is 0.410 e. The lowest BCUT2D eigenvalue weighted by molar-refractivity contribution is 0.0186. The van der Waals surface area contributed by atoms with Crippen LogP contribution in [0.2, 0.25) is 0 Å². The van der Waals surface area contributed by atoms with E-state index in [4.69, 9.17) is 10.5 Å². The van der Waals surface area contributed by atoms with Crippen molar-refractivity contribution in [2.24, 2.45) is 10.7 Å². The number of nitrogens with two attached hydrogens (primary N) is 1. The molecule has 1 unspecified atom stereocenters. The molecule has 0 aliphatic carbocycles. The SMILES string of the molecule is CC(CN=C(N)N1CCN(C(=O)OC(C)(C)C)CC1)N1CCc2sccc2C1.I. The third-order valence-corrected chi connectivity index (χ3v) is 6.26. The van der Waals surface area contributed by atoms with Crippen LogP contribution < -0.4 is 5.73 Å². The zero-order valence-corrected chi connectivity index (χ0v) is 21.0. The Labute approximate surface area is 195 Å². The molecule has 2 aliphatic heterocycles. The lowest BCUT2D eigenvalue weighted by Gasteiger charge is -2.36. The molecule has 0 radical (unpaired) electrons. The number of carbonyl (C=O) groups is 1. The maximum atomic E-state index is 12.2.